The molecule has 1 aromatic carbocycles. The van der Waals surface area contributed by atoms with E-state index in [0.717, 1.165) is 6.54 Å². The summed E-state index contributed by atoms with van der Waals surface area (Å²) in [6.07, 6.45) is -0.222. The molecular formula is C13H14Cl2N4O2. The molecule has 112 valence electrons. The van der Waals surface area contributed by atoms with E-state index >= 15 is 0 Å². The minimum Gasteiger partial charge on any atom is -0.397 e. The molecule has 3 rings (SSSR count). The van der Waals surface area contributed by atoms with Crippen LogP contribution in [0.3, 0.4) is 0 Å². The van der Waals surface area contributed by atoms with Gasteiger partial charge >= 0.3 is 0 Å². The third-order valence-electron chi connectivity index (χ3n) is 3.35. The zero-order valence-electron chi connectivity index (χ0n) is 11.3. The Morgan fingerprint density at radius 2 is 2.10 bits per heavy atom. The Morgan fingerprint density at radius 3 is 2.86 bits per heavy atom. The van der Waals surface area contributed by atoms with Crippen LogP contribution >= 0.6 is 23.2 Å². The SMILES string of the molecule is CN1CCOC(c2noc(-c3c(Cl)ccc(Cl)c3N)n2)C1. The molecule has 0 amide bonds. The molecule has 21 heavy (non-hydrogen) atoms. The van der Waals surface area contributed by atoms with Crippen LogP contribution in [0.15, 0.2) is 16.7 Å². The summed E-state index contributed by atoms with van der Waals surface area (Å²) < 4.78 is 10.9. The van der Waals surface area contributed by atoms with Crippen molar-refractivity contribution in [3.63, 3.8) is 0 Å². The highest BCUT2D eigenvalue weighted by atomic mass is 35.5. The highest BCUT2D eigenvalue weighted by molar-refractivity contribution is 6.37. The van der Waals surface area contributed by atoms with Crippen molar-refractivity contribution in [3.05, 3.63) is 28.0 Å². The van der Waals surface area contributed by atoms with Gasteiger partial charge in [-0.15, -0.1) is 0 Å². The third-order valence-corrected chi connectivity index (χ3v) is 4.00. The summed E-state index contributed by atoms with van der Waals surface area (Å²) in [7, 11) is 2.02. The molecule has 8 heteroatoms. The van der Waals surface area contributed by atoms with Gasteiger partial charge in [-0.05, 0) is 19.2 Å². The van der Waals surface area contributed by atoms with Crippen LogP contribution in [0.1, 0.15) is 11.9 Å². The van der Waals surface area contributed by atoms with E-state index in [4.69, 9.17) is 38.2 Å². The molecule has 1 aliphatic heterocycles. The number of nitrogen functional groups attached to an aromatic ring is 1. The number of halogens is 2. The predicted octanol–water partition coefficient (Wildman–Crippen LogP) is 2.63. The third kappa shape index (κ3) is 2.85. The molecule has 1 saturated heterocycles. The zero-order valence-corrected chi connectivity index (χ0v) is 12.9. The number of anilines is 1. The van der Waals surface area contributed by atoms with Crippen LogP contribution in [-0.2, 0) is 4.74 Å². The predicted molar refractivity (Wildman–Crippen MR) is 80.4 cm³/mol. The molecule has 2 N–H and O–H groups in total. The summed E-state index contributed by atoms with van der Waals surface area (Å²) in [5, 5.41) is 4.77. The first-order valence-corrected chi connectivity index (χ1v) is 7.19. The summed E-state index contributed by atoms with van der Waals surface area (Å²) in [6, 6.07) is 3.27. The van der Waals surface area contributed by atoms with Gasteiger partial charge in [-0.3, -0.25) is 0 Å². The second kappa shape index (κ2) is 5.81. The fourth-order valence-electron chi connectivity index (χ4n) is 2.19. The molecule has 0 aliphatic carbocycles. The van der Waals surface area contributed by atoms with Crippen molar-refractivity contribution in [1.82, 2.24) is 15.0 Å². The molecule has 1 fully saturated rings. The number of benzene rings is 1. The van der Waals surface area contributed by atoms with Crippen molar-refractivity contribution in [2.24, 2.45) is 0 Å². The van der Waals surface area contributed by atoms with Gasteiger partial charge in [0.1, 0.15) is 6.10 Å². The maximum absolute atomic E-state index is 6.15. The summed E-state index contributed by atoms with van der Waals surface area (Å²) in [6.45, 7) is 2.22. The highest BCUT2D eigenvalue weighted by Gasteiger charge is 2.26. The highest BCUT2D eigenvalue weighted by Crippen LogP contribution is 2.37. The van der Waals surface area contributed by atoms with Crippen LogP contribution in [-0.4, -0.2) is 41.8 Å². The molecule has 1 unspecified atom stereocenters. The van der Waals surface area contributed by atoms with Gasteiger partial charge in [-0.2, -0.15) is 4.98 Å². The topological polar surface area (TPSA) is 77.4 Å². The Morgan fingerprint density at radius 1 is 1.33 bits per heavy atom. The molecule has 6 nitrogen and oxygen atoms in total. The molecular weight excluding hydrogens is 315 g/mol. The monoisotopic (exact) mass is 328 g/mol. The molecule has 2 aromatic rings. The Hall–Kier alpha value is -1.34. The smallest absolute Gasteiger partial charge is 0.261 e. The van der Waals surface area contributed by atoms with E-state index in [1.807, 2.05) is 7.05 Å². The lowest BCUT2D eigenvalue weighted by molar-refractivity contribution is -0.0264. The molecule has 2 heterocycles. The van der Waals surface area contributed by atoms with Crippen LogP contribution in [0.2, 0.25) is 10.0 Å². The average molecular weight is 329 g/mol. The first-order chi connectivity index (χ1) is 10.1. The van der Waals surface area contributed by atoms with Gasteiger partial charge in [0.2, 0.25) is 5.82 Å². The van der Waals surface area contributed by atoms with E-state index in [1.54, 1.807) is 12.1 Å². The zero-order chi connectivity index (χ0) is 15.0. The standard InChI is InChI=1S/C13H14Cl2N4O2/c1-19-4-5-20-9(6-19)12-17-13(21-18-12)10-7(14)2-3-8(15)11(10)16/h2-3,9H,4-6,16H2,1H3. The lowest BCUT2D eigenvalue weighted by atomic mass is 10.2. The molecule has 1 aromatic heterocycles. The second-order valence-corrected chi connectivity index (χ2v) is 5.71. The molecule has 0 radical (unpaired) electrons. The van der Waals surface area contributed by atoms with Crippen molar-refractivity contribution in [2.45, 2.75) is 6.10 Å². The van der Waals surface area contributed by atoms with Crippen molar-refractivity contribution in [2.75, 3.05) is 32.5 Å². The number of aromatic nitrogens is 2. The number of rotatable bonds is 2. The van der Waals surface area contributed by atoms with Gasteiger partial charge in [-0.25, -0.2) is 0 Å². The van der Waals surface area contributed by atoms with E-state index in [2.05, 4.69) is 15.0 Å². The number of hydrogen-bond acceptors (Lipinski definition) is 6. The molecule has 1 atom stereocenters. The first kappa shape index (κ1) is 14.6. The van der Waals surface area contributed by atoms with Gasteiger partial charge in [0.15, 0.2) is 0 Å². The fourth-order valence-corrected chi connectivity index (χ4v) is 2.59. The lowest BCUT2D eigenvalue weighted by Gasteiger charge is -2.27. The van der Waals surface area contributed by atoms with Crippen LogP contribution < -0.4 is 5.73 Å². The van der Waals surface area contributed by atoms with E-state index in [9.17, 15) is 0 Å². The van der Waals surface area contributed by atoms with E-state index in [-0.39, 0.29) is 12.0 Å². The molecule has 0 spiro atoms. The molecule has 1 aliphatic rings. The van der Waals surface area contributed by atoms with Gasteiger partial charge in [0, 0.05) is 13.1 Å². The van der Waals surface area contributed by atoms with Gasteiger partial charge in [0.05, 0.1) is 27.9 Å². The van der Waals surface area contributed by atoms with Crippen LogP contribution in [0.4, 0.5) is 5.69 Å². The van der Waals surface area contributed by atoms with Crippen molar-refractivity contribution in [3.8, 4) is 11.5 Å². The first-order valence-electron chi connectivity index (χ1n) is 6.44. The number of nitrogens with zero attached hydrogens (tertiary/aromatic N) is 3. The van der Waals surface area contributed by atoms with Crippen molar-refractivity contribution < 1.29 is 9.26 Å². The van der Waals surface area contributed by atoms with Gasteiger partial charge < -0.3 is 19.9 Å². The second-order valence-electron chi connectivity index (χ2n) is 4.90. The van der Waals surface area contributed by atoms with Crippen molar-refractivity contribution in [1.29, 1.82) is 0 Å². The summed E-state index contributed by atoms with van der Waals surface area (Å²) in [5.41, 5.74) is 6.71. The lowest BCUT2D eigenvalue weighted by Crippen LogP contribution is -2.35. The Labute approximate surface area is 131 Å². The maximum Gasteiger partial charge on any atom is 0.261 e. The van der Waals surface area contributed by atoms with Gasteiger partial charge in [-0.1, -0.05) is 28.4 Å². The Bertz CT molecular complexity index is 662. The van der Waals surface area contributed by atoms with Crippen LogP contribution in [0.25, 0.3) is 11.5 Å². The average Bonchev–Trinajstić information content (AvgIpc) is 2.93. The van der Waals surface area contributed by atoms with E-state index in [0.29, 0.717) is 40.3 Å². The largest absolute Gasteiger partial charge is 0.397 e. The Kier molecular flexibility index (Phi) is 4.03. The number of hydrogen-bond donors (Lipinski definition) is 1. The number of nitrogens with two attached hydrogens (primary N) is 1. The summed E-state index contributed by atoms with van der Waals surface area (Å²) in [4.78, 5) is 6.49. The van der Waals surface area contributed by atoms with Gasteiger partial charge in [0.25, 0.3) is 5.89 Å². The summed E-state index contributed by atoms with van der Waals surface area (Å²) >= 11 is 12.2. The minimum absolute atomic E-state index is 0.222. The number of ether oxygens (including phenoxy) is 1. The minimum atomic E-state index is -0.222. The molecule has 0 saturated carbocycles. The number of likely N-dealkylation sites (N-methyl/N-ethyl adjacent to an activating group) is 1. The number of morpholine rings is 1. The van der Waals surface area contributed by atoms with E-state index in [1.165, 1.54) is 0 Å². The Balaban J connectivity index is 1.94. The van der Waals surface area contributed by atoms with Crippen LogP contribution in [0, 0.1) is 0 Å². The van der Waals surface area contributed by atoms with Crippen LogP contribution in [0.5, 0.6) is 0 Å². The van der Waals surface area contributed by atoms with Crippen molar-refractivity contribution >= 4 is 28.9 Å². The van der Waals surface area contributed by atoms with E-state index < -0.39 is 0 Å². The fraction of sp³-hybridized carbons (Fsp3) is 0.385. The maximum atomic E-state index is 6.15. The quantitative estimate of drug-likeness (QED) is 0.854. The summed E-state index contributed by atoms with van der Waals surface area (Å²) in [5.74, 6) is 0.721. The molecule has 0 bridgehead atoms. The normalized spacial score (nSPS) is 19.9.